The molecule has 0 atom stereocenters. The summed E-state index contributed by atoms with van der Waals surface area (Å²) < 4.78 is 0. The maximum Gasteiger partial charge on any atom is 2.00 e. The van der Waals surface area contributed by atoms with Crippen LogP contribution in [0.25, 0.3) is 0 Å². The first-order valence-electron chi connectivity index (χ1n) is 6.73. The zero-order valence-electron chi connectivity index (χ0n) is 12.7. The normalized spacial score (nSPS) is 9.88. The minimum atomic E-state index is 0. The summed E-state index contributed by atoms with van der Waals surface area (Å²) in [6.07, 6.45) is 2.06. The molecule has 0 heterocycles. The van der Waals surface area contributed by atoms with Crippen molar-refractivity contribution in [3.63, 3.8) is 0 Å². The summed E-state index contributed by atoms with van der Waals surface area (Å²) in [7, 11) is 0. The fraction of sp³-hybridized carbons (Fsp3) is 0.857. The molecule has 3 heteroatoms. The van der Waals surface area contributed by atoms with Gasteiger partial charge in [0, 0.05) is 0 Å². The number of hydrogen-bond acceptors (Lipinski definition) is 2. The molecule has 0 aromatic heterocycles. The molecule has 0 radical (unpaired) electrons. The molecule has 0 N–H and O–H groups in total. The van der Waals surface area contributed by atoms with E-state index in [-0.39, 0.29) is 37.7 Å². The van der Waals surface area contributed by atoms with Crippen LogP contribution in [0.2, 0.25) is 0 Å². The molecule has 0 rings (SSSR count). The maximum absolute atomic E-state index is 3.78. The van der Waals surface area contributed by atoms with Gasteiger partial charge < -0.3 is 23.6 Å². The average molecular weight is 269 g/mol. The first kappa shape index (κ1) is 23.3. The van der Waals surface area contributed by atoms with Crippen molar-refractivity contribution in [2.24, 2.45) is 0 Å². The van der Waals surface area contributed by atoms with Crippen molar-refractivity contribution in [1.29, 1.82) is 0 Å². The van der Waals surface area contributed by atoms with Gasteiger partial charge in [0.25, 0.3) is 0 Å². The van der Waals surface area contributed by atoms with E-state index in [2.05, 4.69) is 51.3 Å². The molecular formula is C14H32CaN2. The minimum absolute atomic E-state index is 0. The molecule has 0 aliphatic rings. The van der Waals surface area contributed by atoms with Crippen LogP contribution in [0, 0.1) is 13.8 Å². The standard InChI is InChI=1S/2C7H16N.Ca/c2*1-4-7-8(5-2)6-3;/h2*1,4-7H2,2-3H3;/q2*-1;+2. The van der Waals surface area contributed by atoms with E-state index in [0.717, 1.165) is 52.1 Å². The van der Waals surface area contributed by atoms with E-state index >= 15 is 0 Å². The predicted molar refractivity (Wildman–Crippen MR) is 81.3 cm³/mol. The Morgan fingerprint density at radius 2 is 0.882 bits per heavy atom. The van der Waals surface area contributed by atoms with Crippen molar-refractivity contribution in [3.8, 4) is 0 Å². The van der Waals surface area contributed by atoms with Crippen LogP contribution in [0.1, 0.15) is 40.5 Å². The Hall–Kier alpha value is 1.18. The second-order valence-corrected chi connectivity index (χ2v) is 3.76. The molecule has 0 saturated heterocycles. The predicted octanol–water partition coefficient (Wildman–Crippen LogP) is 2.72. The van der Waals surface area contributed by atoms with Gasteiger partial charge in [0.15, 0.2) is 0 Å². The van der Waals surface area contributed by atoms with Gasteiger partial charge in [-0.15, -0.1) is 0 Å². The van der Waals surface area contributed by atoms with Crippen molar-refractivity contribution >= 4 is 37.7 Å². The Kier molecular flexibility index (Phi) is 26.7. The van der Waals surface area contributed by atoms with E-state index in [4.69, 9.17) is 0 Å². The molecule has 0 amide bonds. The van der Waals surface area contributed by atoms with Crippen LogP contribution in [0.15, 0.2) is 0 Å². The van der Waals surface area contributed by atoms with Crippen molar-refractivity contribution in [2.45, 2.75) is 40.5 Å². The van der Waals surface area contributed by atoms with E-state index < -0.39 is 0 Å². The number of nitrogens with zero attached hydrogens (tertiary/aromatic N) is 2. The summed E-state index contributed by atoms with van der Waals surface area (Å²) in [6, 6.07) is 0. The first-order valence-corrected chi connectivity index (χ1v) is 6.73. The van der Waals surface area contributed by atoms with Crippen molar-refractivity contribution < 1.29 is 0 Å². The third kappa shape index (κ3) is 17.2. The smallest absolute Gasteiger partial charge is 0.342 e. The van der Waals surface area contributed by atoms with Crippen LogP contribution >= 0.6 is 0 Å². The second-order valence-electron chi connectivity index (χ2n) is 3.76. The van der Waals surface area contributed by atoms with Crippen LogP contribution in [-0.4, -0.2) is 86.8 Å². The monoisotopic (exact) mass is 268 g/mol. The van der Waals surface area contributed by atoms with Gasteiger partial charge in [0.1, 0.15) is 0 Å². The molecule has 2 nitrogen and oxygen atoms in total. The average Bonchev–Trinajstić information content (AvgIpc) is 2.33. The molecule has 0 aromatic rings. The Balaban J connectivity index is -0.000000218. The molecule has 100 valence electrons. The van der Waals surface area contributed by atoms with Crippen LogP contribution in [0.5, 0.6) is 0 Å². The molecule has 0 bridgehead atoms. The fourth-order valence-electron chi connectivity index (χ4n) is 1.53. The third-order valence-corrected chi connectivity index (χ3v) is 2.74. The summed E-state index contributed by atoms with van der Waals surface area (Å²) in [4.78, 5) is 4.74. The number of hydrogen-bond donors (Lipinski definition) is 0. The molecule has 0 aliphatic carbocycles. The Morgan fingerprint density at radius 1 is 0.647 bits per heavy atom. The van der Waals surface area contributed by atoms with Gasteiger partial charge in [-0.25, -0.2) is 0 Å². The van der Waals surface area contributed by atoms with Gasteiger partial charge in [-0.2, -0.15) is 12.8 Å². The van der Waals surface area contributed by atoms with Crippen LogP contribution in [0.4, 0.5) is 0 Å². The maximum atomic E-state index is 3.78. The van der Waals surface area contributed by atoms with Gasteiger partial charge in [-0.05, 0) is 39.3 Å². The van der Waals surface area contributed by atoms with Crippen LogP contribution in [0.3, 0.4) is 0 Å². The zero-order valence-corrected chi connectivity index (χ0v) is 14.9. The fourth-order valence-corrected chi connectivity index (χ4v) is 1.53. The molecule has 0 saturated carbocycles. The van der Waals surface area contributed by atoms with Crippen LogP contribution < -0.4 is 0 Å². The molecule has 0 aliphatic heterocycles. The Labute approximate surface area is 140 Å². The molecule has 0 spiro atoms. The van der Waals surface area contributed by atoms with E-state index in [1.807, 2.05) is 0 Å². The zero-order chi connectivity index (χ0) is 12.8. The topological polar surface area (TPSA) is 6.48 Å². The molecule has 0 fully saturated rings. The van der Waals surface area contributed by atoms with Gasteiger partial charge >= 0.3 is 37.7 Å². The minimum Gasteiger partial charge on any atom is -0.342 e. The first-order chi connectivity index (χ1) is 7.69. The largest absolute Gasteiger partial charge is 2.00 e. The van der Waals surface area contributed by atoms with Crippen LogP contribution in [-0.2, 0) is 0 Å². The SMILES string of the molecule is [CH2-]CCN(CC)CC.[CH2-]CCN(CC)CC.[Ca+2]. The summed E-state index contributed by atoms with van der Waals surface area (Å²) in [5.41, 5.74) is 0. The Bertz CT molecular complexity index is 98.8. The summed E-state index contributed by atoms with van der Waals surface area (Å²) >= 11 is 0. The van der Waals surface area contributed by atoms with E-state index in [9.17, 15) is 0 Å². The van der Waals surface area contributed by atoms with Gasteiger partial charge in [0.2, 0.25) is 0 Å². The second kappa shape index (κ2) is 19.5. The quantitative estimate of drug-likeness (QED) is 0.493. The summed E-state index contributed by atoms with van der Waals surface area (Å²) in [5, 5.41) is 0. The van der Waals surface area contributed by atoms with E-state index in [1.54, 1.807) is 0 Å². The molecular weight excluding hydrogens is 236 g/mol. The Morgan fingerprint density at radius 3 is 0.941 bits per heavy atom. The third-order valence-electron chi connectivity index (χ3n) is 2.74. The van der Waals surface area contributed by atoms with Crippen molar-refractivity contribution in [2.75, 3.05) is 39.3 Å². The van der Waals surface area contributed by atoms with Gasteiger partial charge in [-0.1, -0.05) is 27.7 Å². The molecule has 0 aromatic carbocycles. The molecule has 17 heavy (non-hydrogen) atoms. The van der Waals surface area contributed by atoms with Gasteiger partial charge in [0.05, 0.1) is 0 Å². The van der Waals surface area contributed by atoms with E-state index in [0.29, 0.717) is 0 Å². The van der Waals surface area contributed by atoms with Crippen molar-refractivity contribution in [1.82, 2.24) is 9.80 Å². The van der Waals surface area contributed by atoms with Gasteiger partial charge in [-0.3, -0.25) is 0 Å². The van der Waals surface area contributed by atoms with E-state index in [1.165, 1.54) is 0 Å². The summed E-state index contributed by atoms with van der Waals surface area (Å²) in [5.74, 6) is 0. The molecule has 0 unspecified atom stereocenters. The van der Waals surface area contributed by atoms with Crippen molar-refractivity contribution in [3.05, 3.63) is 13.8 Å². The number of rotatable bonds is 8. The summed E-state index contributed by atoms with van der Waals surface area (Å²) in [6.45, 7) is 23.2.